The van der Waals surface area contributed by atoms with Crippen molar-refractivity contribution in [3.05, 3.63) is 0 Å². The van der Waals surface area contributed by atoms with E-state index in [1.54, 1.807) is 0 Å². The molecule has 0 aliphatic rings. The molecule has 0 aliphatic heterocycles. The van der Waals surface area contributed by atoms with Crippen LogP contribution < -0.4 is 0 Å². The topological polar surface area (TPSA) is 83.8 Å². The highest BCUT2D eigenvalue weighted by Gasteiger charge is 2.10. The average molecular weight is 330 g/mol. The van der Waals surface area contributed by atoms with Crippen LogP contribution in [0.2, 0.25) is 0 Å². The molecule has 1 unspecified atom stereocenters. The Morgan fingerprint density at radius 2 is 1.35 bits per heavy atom. The first-order chi connectivity index (χ1) is 11.1. The highest BCUT2D eigenvalue weighted by atomic mass is 16.6. The van der Waals surface area contributed by atoms with Crippen LogP contribution in [0.1, 0.15) is 96.8 Å². The largest absolute Gasteiger partial charge is 0.481 e. The molecule has 0 aromatic carbocycles. The van der Waals surface area contributed by atoms with Crippen LogP contribution >= 0.6 is 0 Å². The van der Waals surface area contributed by atoms with Crippen molar-refractivity contribution in [3.8, 4) is 0 Å². The zero-order valence-electron chi connectivity index (χ0n) is 14.6. The van der Waals surface area contributed by atoms with Crippen molar-refractivity contribution < 1.29 is 24.5 Å². The van der Waals surface area contributed by atoms with Crippen molar-refractivity contribution in [1.82, 2.24) is 0 Å². The summed E-state index contributed by atoms with van der Waals surface area (Å²) in [7, 11) is 0. The van der Waals surface area contributed by atoms with Gasteiger partial charge in [0.25, 0.3) is 0 Å². The Labute approximate surface area is 140 Å². The van der Waals surface area contributed by atoms with E-state index in [0.29, 0.717) is 12.8 Å². The van der Waals surface area contributed by atoms with E-state index in [1.807, 2.05) is 0 Å². The molecule has 0 aromatic heterocycles. The van der Waals surface area contributed by atoms with Gasteiger partial charge in [0.05, 0.1) is 0 Å². The first-order valence-electron chi connectivity index (χ1n) is 9.15. The molecule has 136 valence electrons. The minimum absolute atomic E-state index is 0.270. The van der Waals surface area contributed by atoms with Gasteiger partial charge in [-0.2, -0.15) is 0 Å². The van der Waals surface area contributed by atoms with E-state index in [9.17, 15) is 14.7 Å². The second kappa shape index (κ2) is 15.8. The van der Waals surface area contributed by atoms with E-state index in [4.69, 9.17) is 9.84 Å². The van der Waals surface area contributed by atoms with E-state index in [2.05, 4.69) is 6.92 Å². The lowest BCUT2D eigenvalue weighted by Crippen LogP contribution is -2.17. The predicted octanol–water partition coefficient (Wildman–Crippen LogP) is 4.41. The smallest absolute Gasteiger partial charge is 0.308 e. The first-order valence-corrected chi connectivity index (χ1v) is 9.15. The van der Waals surface area contributed by atoms with Gasteiger partial charge in [-0.3, -0.25) is 9.59 Å². The lowest BCUT2D eigenvalue weighted by atomic mass is 10.1. The van der Waals surface area contributed by atoms with Gasteiger partial charge in [-0.15, -0.1) is 0 Å². The van der Waals surface area contributed by atoms with Crippen LogP contribution in [0.3, 0.4) is 0 Å². The van der Waals surface area contributed by atoms with Crippen LogP contribution in [0.25, 0.3) is 0 Å². The Kier molecular flexibility index (Phi) is 15.0. The molecular formula is C18H34O5. The minimum Gasteiger partial charge on any atom is -0.481 e. The standard InChI is InChI=1S/C18H34O5/c1-2-3-10-14-17(21)23-18(22)15-12-9-7-5-4-6-8-11-13-16(19)20/h17,21H,2-15H2,1H3,(H,19,20). The van der Waals surface area contributed by atoms with Crippen molar-refractivity contribution in [2.75, 3.05) is 0 Å². The molecule has 0 saturated heterocycles. The molecule has 0 radical (unpaired) electrons. The maximum Gasteiger partial charge on any atom is 0.308 e. The predicted molar refractivity (Wildman–Crippen MR) is 90.0 cm³/mol. The molecule has 0 spiro atoms. The summed E-state index contributed by atoms with van der Waals surface area (Å²) >= 11 is 0. The van der Waals surface area contributed by atoms with E-state index >= 15 is 0 Å². The van der Waals surface area contributed by atoms with Gasteiger partial charge >= 0.3 is 11.9 Å². The lowest BCUT2D eigenvalue weighted by Gasteiger charge is -2.11. The molecule has 0 bridgehead atoms. The summed E-state index contributed by atoms with van der Waals surface area (Å²) in [4.78, 5) is 21.9. The highest BCUT2D eigenvalue weighted by Crippen LogP contribution is 2.12. The number of aliphatic hydroxyl groups excluding tert-OH is 1. The van der Waals surface area contributed by atoms with Gasteiger partial charge in [-0.25, -0.2) is 0 Å². The maximum absolute atomic E-state index is 11.5. The molecule has 0 rings (SSSR count). The fourth-order valence-electron chi connectivity index (χ4n) is 2.44. The molecule has 2 N–H and O–H groups in total. The Morgan fingerprint density at radius 1 is 0.826 bits per heavy atom. The first kappa shape index (κ1) is 21.9. The molecule has 0 saturated carbocycles. The summed E-state index contributed by atoms with van der Waals surface area (Å²) in [6.07, 6.45) is 11.2. The van der Waals surface area contributed by atoms with Gasteiger partial charge in [0.2, 0.25) is 6.29 Å². The van der Waals surface area contributed by atoms with Gasteiger partial charge < -0.3 is 14.9 Å². The number of aliphatic hydroxyl groups is 1. The zero-order valence-corrected chi connectivity index (χ0v) is 14.6. The summed E-state index contributed by atoms with van der Waals surface area (Å²) in [5.41, 5.74) is 0. The van der Waals surface area contributed by atoms with Gasteiger partial charge in [-0.05, 0) is 19.3 Å². The molecule has 0 heterocycles. The molecule has 0 fully saturated rings. The number of carbonyl (C=O) groups excluding carboxylic acids is 1. The number of aliphatic carboxylic acids is 1. The summed E-state index contributed by atoms with van der Waals surface area (Å²) in [5, 5.41) is 18.1. The molecule has 5 nitrogen and oxygen atoms in total. The molecule has 0 aliphatic carbocycles. The number of hydrogen-bond donors (Lipinski definition) is 2. The zero-order chi connectivity index (χ0) is 17.3. The summed E-state index contributed by atoms with van der Waals surface area (Å²) in [5.74, 6) is -1.02. The number of carbonyl (C=O) groups is 2. The van der Waals surface area contributed by atoms with Crippen LogP contribution in [0.15, 0.2) is 0 Å². The van der Waals surface area contributed by atoms with Crippen LogP contribution in [0, 0.1) is 0 Å². The Balaban J connectivity index is 3.30. The normalized spacial score (nSPS) is 12.1. The number of carboxylic acid groups (broad SMARTS) is 1. The molecular weight excluding hydrogens is 296 g/mol. The lowest BCUT2D eigenvalue weighted by molar-refractivity contribution is -0.169. The van der Waals surface area contributed by atoms with Crippen LogP contribution in [0.4, 0.5) is 0 Å². The quantitative estimate of drug-likeness (QED) is 0.249. The molecule has 0 amide bonds. The SMILES string of the molecule is CCCCCC(O)OC(=O)CCCCCCCCCCC(=O)O. The van der Waals surface area contributed by atoms with E-state index in [1.165, 1.54) is 0 Å². The Morgan fingerprint density at radius 3 is 1.87 bits per heavy atom. The van der Waals surface area contributed by atoms with E-state index in [0.717, 1.165) is 70.6 Å². The number of esters is 1. The average Bonchev–Trinajstić information content (AvgIpc) is 2.49. The summed E-state index contributed by atoms with van der Waals surface area (Å²) in [6.45, 7) is 2.09. The van der Waals surface area contributed by atoms with Crippen molar-refractivity contribution in [2.45, 2.75) is 103 Å². The number of unbranched alkanes of at least 4 members (excludes halogenated alkanes) is 9. The molecule has 23 heavy (non-hydrogen) atoms. The van der Waals surface area contributed by atoms with Crippen molar-refractivity contribution in [1.29, 1.82) is 0 Å². The number of ether oxygens (including phenoxy) is 1. The third-order valence-corrected chi connectivity index (χ3v) is 3.84. The van der Waals surface area contributed by atoms with E-state index in [-0.39, 0.29) is 12.4 Å². The Hall–Kier alpha value is -1.10. The second-order valence-electron chi connectivity index (χ2n) is 6.16. The highest BCUT2D eigenvalue weighted by molar-refractivity contribution is 5.69. The van der Waals surface area contributed by atoms with Crippen LogP contribution in [-0.4, -0.2) is 28.4 Å². The fourth-order valence-corrected chi connectivity index (χ4v) is 2.44. The molecule has 1 atom stereocenters. The van der Waals surface area contributed by atoms with E-state index < -0.39 is 12.3 Å². The van der Waals surface area contributed by atoms with Crippen molar-refractivity contribution in [2.24, 2.45) is 0 Å². The minimum atomic E-state index is -0.945. The number of carboxylic acids is 1. The van der Waals surface area contributed by atoms with Crippen molar-refractivity contribution >= 4 is 11.9 Å². The fraction of sp³-hybridized carbons (Fsp3) is 0.889. The van der Waals surface area contributed by atoms with Crippen LogP contribution in [0.5, 0.6) is 0 Å². The van der Waals surface area contributed by atoms with Crippen LogP contribution in [-0.2, 0) is 14.3 Å². The van der Waals surface area contributed by atoms with Crippen molar-refractivity contribution in [3.63, 3.8) is 0 Å². The van der Waals surface area contributed by atoms with Gasteiger partial charge in [0, 0.05) is 19.3 Å². The third kappa shape index (κ3) is 17.1. The Bertz CT molecular complexity index is 304. The van der Waals surface area contributed by atoms with Gasteiger partial charge in [0.15, 0.2) is 0 Å². The molecule has 5 heteroatoms. The summed E-state index contributed by atoms with van der Waals surface area (Å²) in [6, 6.07) is 0. The van der Waals surface area contributed by atoms with Gasteiger partial charge in [0.1, 0.15) is 0 Å². The maximum atomic E-state index is 11.5. The number of rotatable bonds is 16. The third-order valence-electron chi connectivity index (χ3n) is 3.84. The molecule has 0 aromatic rings. The second-order valence-corrected chi connectivity index (χ2v) is 6.16. The monoisotopic (exact) mass is 330 g/mol. The van der Waals surface area contributed by atoms with Gasteiger partial charge in [-0.1, -0.05) is 58.3 Å². The summed E-state index contributed by atoms with van der Waals surface area (Å²) < 4.78 is 4.96. The number of hydrogen-bond acceptors (Lipinski definition) is 4.